The van der Waals surface area contributed by atoms with Gasteiger partial charge in [0, 0.05) is 146 Å². The smallest absolute Gasteiger partial charge is 0.164 e. The molecule has 13 nitrogen and oxygen atoms in total. The van der Waals surface area contributed by atoms with Gasteiger partial charge in [0.15, 0.2) is 58.0 Å². The summed E-state index contributed by atoms with van der Waals surface area (Å²) < 4.78 is 19.1. The minimum absolute atomic E-state index is 0.627. The molecular formula is C125H76N12OS2. The predicted molar refractivity (Wildman–Crippen MR) is 579 cm³/mol. The van der Waals surface area contributed by atoms with E-state index in [2.05, 4.69) is 287 Å². The molecule has 0 N–H and O–H groups in total. The molecule has 29 aromatic rings. The maximum absolute atomic E-state index is 6.72. The minimum atomic E-state index is 0.627. The number of thiophene rings is 2. The van der Waals surface area contributed by atoms with Crippen LogP contribution in [0.3, 0.4) is 0 Å². The maximum atomic E-state index is 6.72. The Morgan fingerprint density at radius 2 is 0.457 bits per heavy atom. The van der Waals surface area contributed by atoms with Gasteiger partial charge in [0.25, 0.3) is 0 Å². The van der Waals surface area contributed by atoms with Crippen molar-refractivity contribution in [3.05, 3.63) is 461 Å². The highest BCUT2D eigenvalue weighted by Crippen LogP contribution is 2.51. The lowest BCUT2D eigenvalue weighted by atomic mass is 9.99. The largest absolute Gasteiger partial charge is 0.454 e. The third-order valence-electron chi connectivity index (χ3n) is 26.7. The van der Waals surface area contributed by atoms with E-state index in [0.717, 1.165) is 100 Å². The molecule has 29 rings (SSSR count). The van der Waals surface area contributed by atoms with E-state index in [0.29, 0.717) is 52.4 Å². The molecule has 0 amide bonds. The third kappa shape index (κ3) is 13.9. The van der Waals surface area contributed by atoms with Crippen molar-refractivity contribution in [1.82, 2.24) is 58.6 Å². The van der Waals surface area contributed by atoms with Gasteiger partial charge in [0.2, 0.25) is 0 Å². The zero-order valence-corrected chi connectivity index (χ0v) is 76.6. The summed E-state index contributed by atoms with van der Waals surface area (Å²) in [6.45, 7) is 0. The first-order valence-electron chi connectivity index (χ1n) is 46.7. The van der Waals surface area contributed by atoms with E-state index >= 15 is 0 Å². The Morgan fingerprint density at radius 1 is 0.171 bits per heavy atom. The Bertz CT molecular complexity index is 9350. The van der Waals surface area contributed by atoms with Crippen molar-refractivity contribution in [2.75, 3.05) is 0 Å². The summed E-state index contributed by atoms with van der Waals surface area (Å²) in [7, 11) is 0. The summed E-state index contributed by atoms with van der Waals surface area (Å²) in [5.41, 5.74) is 20.5. The Labute approximate surface area is 809 Å². The average Bonchev–Trinajstić information content (AvgIpc) is 1.54. The van der Waals surface area contributed by atoms with Crippen molar-refractivity contribution >= 4 is 172 Å². The van der Waals surface area contributed by atoms with Crippen LogP contribution < -0.4 is 0 Å². The number of hydrogen-bond donors (Lipinski definition) is 0. The van der Waals surface area contributed by atoms with E-state index in [-0.39, 0.29) is 0 Å². The topological polar surface area (TPSA) is 144 Å². The van der Waals surface area contributed by atoms with E-state index in [4.69, 9.17) is 49.3 Å². The molecule has 654 valence electrons. The molecule has 0 fully saturated rings. The van der Waals surface area contributed by atoms with Crippen LogP contribution in [0.15, 0.2) is 465 Å². The van der Waals surface area contributed by atoms with E-state index in [9.17, 15) is 0 Å². The summed E-state index contributed by atoms with van der Waals surface area (Å²) in [6.07, 6.45) is 0. The van der Waals surface area contributed by atoms with Gasteiger partial charge in [-0.1, -0.05) is 340 Å². The van der Waals surface area contributed by atoms with Gasteiger partial charge in [-0.05, 0) is 143 Å². The van der Waals surface area contributed by atoms with Crippen LogP contribution in [0.4, 0.5) is 0 Å². The van der Waals surface area contributed by atoms with Crippen LogP contribution in [0.25, 0.3) is 269 Å². The van der Waals surface area contributed by atoms with Gasteiger partial charge in [-0.25, -0.2) is 44.9 Å². The molecule has 0 spiro atoms. The molecule has 9 aromatic heterocycles. The number of aromatic nitrogens is 12. The molecule has 20 aromatic carbocycles. The quantitative estimate of drug-likeness (QED) is 0.116. The molecule has 0 aliphatic heterocycles. The lowest BCUT2D eigenvalue weighted by Gasteiger charge is -2.12. The van der Waals surface area contributed by atoms with Crippen LogP contribution in [-0.4, -0.2) is 58.6 Å². The van der Waals surface area contributed by atoms with Gasteiger partial charge in [-0.2, -0.15) is 0 Å². The second kappa shape index (κ2) is 33.9. The number of rotatable bonds is 12. The molecule has 9 heterocycles. The molecule has 0 aliphatic rings. The molecule has 0 saturated carbocycles. The highest BCUT2D eigenvalue weighted by Gasteiger charge is 2.28. The molecule has 0 aliphatic carbocycles. The Balaban J connectivity index is 0.000000106. The van der Waals surface area contributed by atoms with Gasteiger partial charge in [-0.15, -0.1) is 22.7 Å². The first-order chi connectivity index (χ1) is 69.4. The van der Waals surface area contributed by atoms with Gasteiger partial charge in [-0.3, -0.25) is 0 Å². The molecule has 140 heavy (non-hydrogen) atoms. The Hall–Kier alpha value is -18.4. The monoisotopic (exact) mass is 1820 g/mol. The van der Waals surface area contributed by atoms with E-state index in [1.165, 1.54) is 116 Å². The standard InChI is InChI=1S/C43H26N4O.C43H26N4S.C39H24N4S/c2*1-3-13-27(14-4-1)41-44-42(28-15-5-2-6-16-28)46-43(45-41)29-23-25-30(26-24-29)47-35-21-11-9-19-33(35)37-31-17-7-8-18-32(31)38-34-20-10-12-22-36(34)48-40(38)39(37)47;1-3-11-25(12-4-1)37-40-38(26-13-5-2-6-14-26)42-39(41-37)27-19-21-28(22-20-27)43-33-17-9-7-15-29(33)31-23-32-30-16-8-10-18-35(30)44-36(32)24-34(31)43/h2*1-26H;1-24H. The maximum Gasteiger partial charge on any atom is 0.164 e. The van der Waals surface area contributed by atoms with Crippen molar-refractivity contribution in [2.24, 2.45) is 0 Å². The van der Waals surface area contributed by atoms with E-state index in [1.807, 2.05) is 211 Å². The molecule has 0 saturated heterocycles. The highest BCUT2D eigenvalue weighted by molar-refractivity contribution is 7.27. The number of fused-ring (bicyclic) bond motifs is 26. The van der Waals surface area contributed by atoms with Crippen LogP contribution in [0.5, 0.6) is 0 Å². The van der Waals surface area contributed by atoms with Crippen LogP contribution in [0.2, 0.25) is 0 Å². The zero-order valence-electron chi connectivity index (χ0n) is 75.0. The SMILES string of the molecule is c1ccc(-c2nc(-c3ccccc3)nc(-c3ccc(-n4c5ccccc5c5c6ccccc6c6c7ccccc7oc6c54)cc3)n2)cc1.c1ccc(-c2nc(-c3ccccc3)nc(-c3ccc(-n4c5ccccc5c5c6ccccc6c6c7ccccc7sc6c54)cc3)n2)cc1.c1ccc(-c2nc(-c3ccccc3)nc(-c3ccc(-n4c5ccccc5c5cc6c(cc54)sc4ccccc46)cc3)n2)cc1. The lowest BCUT2D eigenvalue weighted by molar-refractivity contribution is 0.671. The van der Waals surface area contributed by atoms with Crippen LogP contribution in [-0.2, 0) is 0 Å². The number of para-hydroxylation sites is 4. The van der Waals surface area contributed by atoms with Crippen molar-refractivity contribution < 1.29 is 4.42 Å². The Morgan fingerprint density at radius 3 is 0.864 bits per heavy atom. The van der Waals surface area contributed by atoms with Crippen LogP contribution >= 0.6 is 22.7 Å². The van der Waals surface area contributed by atoms with Gasteiger partial charge in [0.05, 0.1) is 37.8 Å². The highest BCUT2D eigenvalue weighted by atomic mass is 32.1. The summed E-state index contributed by atoms with van der Waals surface area (Å²) >= 11 is 3.73. The fourth-order valence-corrected chi connectivity index (χ4v) is 22.7. The summed E-state index contributed by atoms with van der Waals surface area (Å²) in [5.74, 6) is 5.85. The molecule has 0 unspecified atom stereocenters. The van der Waals surface area contributed by atoms with E-state index < -0.39 is 0 Å². The lowest BCUT2D eigenvalue weighted by Crippen LogP contribution is -2.00. The molecule has 0 bridgehead atoms. The zero-order chi connectivity index (χ0) is 92.2. The first-order valence-corrected chi connectivity index (χ1v) is 48.3. The van der Waals surface area contributed by atoms with Gasteiger partial charge in [0.1, 0.15) is 5.58 Å². The molecular weight excluding hydrogens is 1750 g/mol. The number of hydrogen-bond acceptors (Lipinski definition) is 12. The average molecular weight is 1830 g/mol. The second-order valence-electron chi connectivity index (χ2n) is 34.9. The first kappa shape index (κ1) is 81.2. The second-order valence-corrected chi connectivity index (χ2v) is 37.1. The van der Waals surface area contributed by atoms with Crippen molar-refractivity contribution in [2.45, 2.75) is 0 Å². The molecule has 0 radical (unpaired) electrons. The van der Waals surface area contributed by atoms with Crippen molar-refractivity contribution in [3.8, 4) is 120 Å². The fraction of sp³-hybridized carbons (Fsp3) is 0. The van der Waals surface area contributed by atoms with Crippen molar-refractivity contribution in [3.63, 3.8) is 0 Å². The van der Waals surface area contributed by atoms with Crippen molar-refractivity contribution in [1.29, 1.82) is 0 Å². The summed E-state index contributed by atoms with van der Waals surface area (Å²) in [4.78, 5) is 44.2. The van der Waals surface area contributed by atoms with Gasteiger partial charge < -0.3 is 18.1 Å². The number of benzene rings is 20. The summed E-state index contributed by atoms with van der Waals surface area (Å²) in [6, 6.07) is 160. The fourth-order valence-electron chi connectivity index (χ4n) is 20.3. The normalized spacial score (nSPS) is 11.7. The molecule has 15 heteroatoms. The Kier molecular flexibility index (Phi) is 19.6. The van der Waals surface area contributed by atoms with Crippen LogP contribution in [0, 0.1) is 0 Å². The third-order valence-corrected chi connectivity index (χ3v) is 29.0. The number of furan rings is 1. The van der Waals surface area contributed by atoms with Gasteiger partial charge >= 0.3 is 0 Å². The number of nitrogens with zero attached hydrogens (tertiary/aromatic N) is 12. The molecule has 0 atom stereocenters. The van der Waals surface area contributed by atoms with E-state index in [1.54, 1.807) is 0 Å². The summed E-state index contributed by atoms with van der Waals surface area (Å²) in [5, 5.41) is 20.0. The predicted octanol–water partition coefficient (Wildman–Crippen LogP) is 32.9. The van der Waals surface area contributed by atoms with Crippen LogP contribution in [0.1, 0.15) is 0 Å². The minimum Gasteiger partial charge on any atom is -0.454 e.